The summed E-state index contributed by atoms with van der Waals surface area (Å²) in [5.41, 5.74) is 1.89. The van der Waals surface area contributed by atoms with Crippen LogP contribution in [0.1, 0.15) is 39.7 Å². The zero-order valence-electron chi connectivity index (χ0n) is 16.3. The molecule has 0 unspecified atom stereocenters. The predicted molar refractivity (Wildman–Crippen MR) is 106 cm³/mol. The number of nitrogens with one attached hydrogen (secondary N) is 1. The van der Waals surface area contributed by atoms with Gasteiger partial charge >= 0.3 is 5.97 Å². The van der Waals surface area contributed by atoms with E-state index in [0.717, 1.165) is 0 Å². The third-order valence-corrected chi connectivity index (χ3v) is 4.04. The number of anilines is 1. The van der Waals surface area contributed by atoms with Gasteiger partial charge in [0.15, 0.2) is 12.7 Å². The molecule has 1 N–H and O–H groups in total. The molecule has 0 fully saturated rings. The fourth-order valence-corrected chi connectivity index (χ4v) is 2.44. The van der Waals surface area contributed by atoms with Crippen LogP contribution in [0, 0.1) is 0 Å². The highest BCUT2D eigenvalue weighted by molar-refractivity contribution is 5.93. The van der Waals surface area contributed by atoms with Crippen LogP contribution in [0.3, 0.4) is 0 Å². The lowest BCUT2D eigenvalue weighted by Crippen LogP contribution is -2.31. The minimum atomic E-state index is -0.744. The fraction of sp³-hybridized carbons (Fsp3) is 0.364. The van der Waals surface area contributed by atoms with Crippen LogP contribution >= 0.6 is 0 Å². The first-order valence-corrected chi connectivity index (χ1v) is 9.08. The number of rotatable bonds is 7. The first-order valence-electron chi connectivity index (χ1n) is 9.08. The van der Waals surface area contributed by atoms with Crippen LogP contribution < -0.4 is 10.1 Å². The maximum atomic E-state index is 12.2. The van der Waals surface area contributed by atoms with Gasteiger partial charge in [-0.2, -0.15) is 0 Å². The molecule has 1 amide bonds. The number of hydrogen-bond acceptors (Lipinski definition) is 4. The van der Waals surface area contributed by atoms with E-state index >= 15 is 0 Å². The highest BCUT2D eigenvalue weighted by Crippen LogP contribution is 2.23. The van der Waals surface area contributed by atoms with Gasteiger partial charge in [-0.05, 0) is 41.7 Å². The topological polar surface area (TPSA) is 64.6 Å². The lowest BCUT2D eigenvalue weighted by atomic mass is 9.87. The molecule has 27 heavy (non-hydrogen) atoms. The van der Waals surface area contributed by atoms with Crippen LogP contribution in [0.5, 0.6) is 5.75 Å². The van der Waals surface area contributed by atoms with Gasteiger partial charge in [-0.3, -0.25) is 4.79 Å². The summed E-state index contributed by atoms with van der Waals surface area (Å²) >= 11 is 0. The van der Waals surface area contributed by atoms with Crippen molar-refractivity contribution in [2.75, 3.05) is 11.9 Å². The van der Waals surface area contributed by atoms with Crippen molar-refractivity contribution >= 4 is 17.6 Å². The molecule has 5 nitrogen and oxygen atoms in total. The van der Waals surface area contributed by atoms with E-state index in [9.17, 15) is 9.59 Å². The van der Waals surface area contributed by atoms with Crippen LogP contribution in [-0.4, -0.2) is 24.6 Å². The molecule has 0 bridgehead atoms. The van der Waals surface area contributed by atoms with Gasteiger partial charge in [-0.25, -0.2) is 4.79 Å². The van der Waals surface area contributed by atoms with E-state index < -0.39 is 12.1 Å². The molecule has 5 heteroatoms. The van der Waals surface area contributed by atoms with E-state index in [4.69, 9.17) is 9.47 Å². The Morgan fingerprint density at radius 1 is 1.00 bits per heavy atom. The number of hydrogen-bond donors (Lipinski definition) is 1. The lowest BCUT2D eigenvalue weighted by molar-refractivity contribution is -0.154. The van der Waals surface area contributed by atoms with E-state index in [2.05, 4.69) is 26.1 Å². The summed E-state index contributed by atoms with van der Waals surface area (Å²) in [7, 11) is 0. The molecule has 0 radical (unpaired) electrons. The van der Waals surface area contributed by atoms with Crippen LogP contribution in [0.4, 0.5) is 5.69 Å². The van der Waals surface area contributed by atoms with Crippen LogP contribution in [0.25, 0.3) is 0 Å². The van der Waals surface area contributed by atoms with Crippen molar-refractivity contribution < 1.29 is 19.1 Å². The van der Waals surface area contributed by atoms with Crippen molar-refractivity contribution in [3.63, 3.8) is 0 Å². The van der Waals surface area contributed by atoms with Crippen molar-refractivity contribution in [1.82, 2.24) is 0 Å². The summed E-state index contributed by atoms with van der Waals surface area (Å²) in [4.78, 5) is 24.2. The molecule has 0 heterocycles. The highest BCUT2D eigenvalue weighted by Gasteiger charge is 2.21. The van der Waals surface area contributed by atoms with Gasteiger partial charge in [0.05, 0.1) is 0 Å². The fourth-order valence-electron chi connectivity index (χ4n) is 2.44. The van der Waals surface area contributed by atoms with Gasteiger partial charge in [-0.15, -0.1) is 0 Å². The minimum Gasteiger partial charge on any atom is -0.479 e. The van der Waals surface area contributed by atoms with Crippen molar-refractivity contribution in [3.05, 3.63) is 60.2 Å². The molecule has 0 aliphatic heterocycles. The van der Waals surface area contributed by atoms with E-state index in [-0.39, 0.29) is 17.9 Å². The molecule has 0 saturated carbocycles. The molecule has 0 spiro atoms. The Bertz CT molecular complexity index is 748. The normalized spacial score (nSPS) is 12.1. The number of ether oxygens (including phenoxy) is 2. The zero-order chi connectivity index (χ0) is 19.9. The Morgan fingerprint density at radius 3 is 2.19 bits per heavy atom. The molecule has 2 aromatic rings. The smallest absolute Gasteiger partial charge is 0.347 e. The third kappa shape index (κ3) is 6.44. The Hall–Kier alpha value is -2.82. The first kappa shape index (κ1) is 20.5. The summed E-state index contributed by atoms with van der Waals surface area (Å²) in [5.74, 6) is -0.356. The van der Waals surface area contributed by atoms with Crippen LogP contribution in [0.2, 0.25) is 0 Å². The number of carbonyl (C=O) groups is 2. The molecule has 2 rings (SSSR count). The van der Waals surface area contributed by atoms with Gasteiger partial charge in [0.2, 0.25) is 0 Å². The number of para-hydroxylation sites is 1. The van der Waals surface area contributed by atoms with Crippen LogP contribution in [0.15, 0.2) is 54.6 Å². The van der Waals surface area contributed by atoms with Gasteiger partial charge in [0.25, 0.3) is 5.91 Å². The molecule has 0 saturated heterocycles. The van der Waals surface area contributed by atoms with E-state index in [1.165, 1.54) is 5.56 Å². The van der Waals surface area contributed by atoms with Gasteiger partial charge in [-0.1, -0.05) is 58.0 Å². The number of carbonyl (C=O) groups excluding carboxylic acids is 2. The van der Waals surface area contributed by atoms with E-state index in [0.29, 0.717) is 17.9 Å². The van der Waals surface area contributed by atoms with Gasteiger partial charge < -0.3 is 14.8 Å². The summed E-state index contributed by atoms with van der Waals surface area (Å²) in [6.45, 7) is 7.85. The molecule has 1 atom stereocenters. The predicted octanol–water partition coefficient (Wildman–Crippen LogP) is 4.32. The van der Waals surface area contributed by atoms with Crippen molar-refractivity contribution in [3.8, 4) is 5.75 Å². The van der Waals surface area contributed by atoms with Crippen molar-refractivity contribution in [2.24, 2.45) is 0 Å². The standard InChI is InChI=1S/C22H27NO4/c1-5-19(27-18-9-7-6-8-10-18)21(25)26-15-20(24)23-17-13-11-16(12-14-17)22(2,3)4/h6-14,19H,5,15H2,1-4H3,(H,23,24)/t19-/m1/s1. The zero-order valence-corrected chi connectivity index (χ0v) is 16.3. The Labute approximate surface area is 160 Å². The Kier molecular flexibility index (Phi) is 6.99. The highest BCUT2D eigenvalue weighted by atomic mass is 16.6. The monoisotopic (exact) mass is 369 g/mol. The van der Waals surface area contributed by atoms with Crippen molar-refractivity contribution in [1.29, 1.82) is 0 Å². The number of amides is 1. The quantitative estimate of drug-likeness (QED) is 0.738. The maximum Gasteiger partial charge on any atom is 0.347 e. The van der Waals surface area contributed by atoms with Crippen LogP contribution in [-0.2, 0) is 19.7 Å². The molecule has 0 aromatic heterocycles. The number of benzene rings is 2. The summed E-state index contributed by atoms with van der Waals surface area (Å²) in [5, 5.41) is 2.73. The molecule has 2 aromatic carbocycles. The second kappa shape index (κ2) is 9.21. The molecular weight excluding hydrogens is 342 g/mol. The summed E-state index contributed by atoms with van der Waals surface area (Å²) in [6.07, 6.45) is -0.296. The second-order valence-electron chi connectivity index (χ2n) is 7.31. The average molecular weight is 369 g/mol. The molecule has 0 aliphatic rings. The maximum absolute atomic E-state index is 12.2. The second-order valence-corrected chi connectivity index (χ2v) is 7.31. The van der Waals surface area contributed by atoms with Gasteiger partial charge in [0, 0.05) is 5.69 Å². The molecular formula is C22H27NO4. The molecule has 144 valence electrons. The third-order valence-electron chi connectivity index (χ3n) is 4.04. The van der Waals surface area contributed by atoms with E-state index in [1.54, 1.807) is 12.1 Å². The van der Waals surface area contributed by atoms with Gasteiger partial charge in [0.1, 0.15) is 5.75 Å². The summed E-state index contributed by atoms with van der Waals surface area (Å²) < 4.78 is 10.7. The Morgan fingerprint density at radius 2 is 1.63 bits per heavy atom. The SMILES string of the molecule is CC[C@@H](Oc1ccccc1)C(=O)OCC(=O)Nc1ccc(C(C)(C)C)cc1. The largest absolute Gasteiger partial charge is 0.479 e. The number of esters is 1. The minimum absolute atomic E-state index is 0.0476. The van der Waals surface area contributed by atoms with Crippen molar-refractivity contribution in [2.45, 2.75) is 45.6 Å². The molecule has 0 aliphatic carbocycles. The average Bonchev–Trinajstić information content (AvgIpc) is 2.64. The lowest BCUT2D eigenvalue weighted by Gasteiger charge is -2.19. The first-order chi connectivity index (χ1) is 12.8. The van der Waals surface area contributed by atoms with E-state index in [1.807, 2.05) is 49.4 Å². The summed E-state index contributed by atoms with van der Waals surface area (Å²) in [6, 6.07) is 16.7. The Balaban J connectivity index is 1.84.